The van der Waals surface area contributed by atoms with Gasteiger partial charge in [-0.1, -0.05) is 17.7 Å². The van der Waals surface area contributed by atoms with E-state index in [0.29, 0.717) is 17.3 Å². The number of nitrogens with one attached hydrogen (secondary N) is 2. The number of carbonyl (C=O) groups excluding carboxylic acids is 1. The Morgan fingerprint density at radius 1 is 1.26 bits per heavy atom. The van der Waals surface area contributed by atoms with Crippen LogP contribution in [0, 0.1) is 0 Å². The molecule has 0 radical (unpaired) electrons. The van der Waals surface area contributed by atoms with Crippen LogP contribution in [0.2, 0.25) is 5.02 Å². The third-order valence-corrected chi connectivity index (χ3v) is 4.23. The van der Waals surface area contributed by atoms with Crippen LogP contribution in [0.15, 0.2) is 47.1 Å². The van der Waals surface area contributed by atoms with Crippen molar-refractivity contribution < 1.29 is 9.21 Å². The summed E-state index contributed by atoms with van der Waals surface area (Å²) in [4.78, 5) is 14.4. The highest BCUT2D eigenvalue weighted by Gasteiger charge is 2.25. The summed E-state index contributed by atoms with van der Waals surface area (Å²) in [6, 6.07) is 10.7. The van der Waals surface area contributed by atoms with Gasteiger partial charge in [-0.15, -0.1) is 0 Å². The maximum absolute atomic E-state index is 12.1. The van der Waals surface area contributed by atoms with Crippen molar-refractivity contribution in [1.29, 1.82) is 0 Å². The van der Waals surface area contributed by atoms with Gasteiger partial charge in [0.25, 0.3) is 0 Å². The number of carbonyl (C=O) groups is 1. The average Bonchev–Trinajstić information content (AvgIpc) is 3.21. The van der Waals surface area contributed by atoms with E-state index in [1.165, 1.54) is 12.8 Å². The van der Waals surface area contributed by atoms with Crippen molar-refractivity contribution in [1.82, 2.24) is 10.2 Å². The van der Waals surface area contributed by atoms with Crippen molar-refractivity contribution in [2.45, 2.75) is 18.9 Å². The summed E-state index contributed by atoms with van der Waals surface area (Å²) in [6.45, 7) is 2.56. The molecule has 0 aliphatic carbocycles. The molecule has 1 aromatic carbocycles. The topological polar surface area (TPSA) is 57.5 Å². The molecule has 122 valence electrons. The Labute approximate surface area is 140 Å². The van der Waals surface area contributed by atoms with Gasteiger partial charge in [-0.05, 0) is 56.3 Å². The van der Waals surface area contributed by atoms with Gasteiger partial charge in [0.2, 0.25) is 0 Å². The average molecular weight is 334 g/mol. The van der Waals surface area contributed by atoms with E-state index in [1.54, 1.807) is 30.5 Å². The molecule has 6 heteroatoms. The number of nitrogens with zero attached hydrogens (tertiary/aromatic N) is 1. The lowest BCUT2D eigenvalue weighted by Crippen LogP contribution is -2.38. The highest BCUT2D eigenvalue weighted by molar-refractivity contribution is 6.30. The van der Waals surface area contributed by atoms with Crippen molar-refractivity contribution in [3.05, 3.63) is 53.4 Å². The summed E-state index contributed by atoms with van der Waals surface area (Å²) < 4.78 is 5.54. The number of furan rings is 1. The Morgan fingerprint density at radius 2 is 2.09 bits per heavy atom. The fraction of sp³-hybridized carbons (Fsp3) is 0.353. The fourth-order valence-corrected chi connectivity index (χ4v) is 3.06. The Hall–Kier alpha value is -1.98. The minimum Gasteiger partial charge on any atom is -0.468 e. The first-order chi connectivity index (χ1) is 11.2. The molecule has 2 aromatic rings. The van der Waals surface area contributed by atoms with Gasteiger partial charge >= 0.3 is 6.03 Å². The molecule has 1 atom stereocenters. The van der Waals surface area contributed by atoms with Crippen molar-refractivity contribution in [2.24, 2.45) is 0 Å². The van der Waals surface area contributed by atoms with Crippen LogP contribution in [-0.4, -0.2) is 30.6 Å². The van der Waals surface area contributed by atoms with E-state index in [0.717, 1.165) is 18.8 Å². The molecule has 3 rings (SSSR count). The van der Waals surface area contributed by atoms with E-state index < -0.39 is 0 Å². The van der Waals surface area contributed by atoms with E-state index in [4.69, 9.17) is 16.0 Å². The van der Waals surface area contributed by atoms with Crippen LogP contribution in [0.4, 0.5) is 10.5 Å². The molecule has 1 aliphatic heterocycles. The summed E-state index contributed by atoms with van der Waals surface area (Å²) in [5, 5.41) is 6.30. The van der Waals surface area contributed by atoms with Crippen molar-refractivity contribution >= 4 is 23.3 Å². The number of likely N-dealkylation sites (tertiary alicyclic amines) is 1. The maximum atomic E-state index is 12.1. The smallest absolute Gasteiger partial charge is 0.319 e. The Morgan fingerprint density at radius 3 is 2.78 bits per heavy atom. The summed E-state index contributed by atoms with van der Waals surface area (Å²) in [7, 11) is 0. The molecule has 2 amide bonds. The molecular weight excluding hydrogens is 314 g/mol. The highest BCUT2D eigenvalue weighted by Crippen LogP contribution is 2.25. The SMILES string of the molecule is O=C(NCC(c1ccco1)N1CCCC1)Nc1cccc(Cl)c1. The van der Waals surface area contributed by atoms with Crippen LogP contribution in [0.5, 0.6) is 0 Å². The minimum absolute atomic E-state index is 0.0672. The van der Waals surface area contributed by atoms with Crippen LogP contribution >= 0.6 is 11.6 Å². The number of rotatable bonds is 5. The van der Waals surface area contributed by atoms with Crippen molar-refractivity contribution in [3.8, 4) is 0 Å². The van der Waals surface area contributed by atoms with Gasteiger partial charge < -0.3 is 15.1 Å². The Balaban J connectivity index is 1.59. The van der Waals surface area contributed by atoms with Gasteiger partial charge in [-0.3, -0.25) is 4.90 Å². The van der Waals surface area contributed by atoms with E-state index in [-0.39, 0.29) is 12.1 Å². The van der Waals surface area contributed by atoms with Gasteiger partial charge in [0.1, 0.15) is 5.76 Å². The number of amides is 2. The fourth-order valence-electron chi connectivity index (χ4n) is 2.87. The largest absolute Gasteiger partial charge is 0.468 e. The highest BCUT2D eigenvalue weighted by atomic mass is 35.5. The van der Waals surface area contributed by atoms with Gasteiger partial charge in [0, 0.05) is 17.3 Å². The first kappa shape index (κ1) is 15.9. The normalized spacial score (nSPS) is 16.2. The predicted octanol–water partition coefficient (Wildman–Crippen LogP) is 3.89. The molecule has 1 aliphatic rings. The standard InChI is InChI=1S/C17H20ClN3O2/c18-13-5-3-6-14(11-13)20-17(22)19-12-15(16-7-4-10-23-16)21-8-1-2-9-21/h3-7,10-11,15H,1-2,8-9,12H2,(H2,19,20,22). The molecule has 5 nitrogen and oxygen atoms in total. The number of urea groups is 1. The van der Waals surface area contributed by atoms with Crippen LogP contribution in [0.3, 0.4) is 0 Å². The lowest BCUT2D eigenvalue weighted by atomic mass is 10.2. The zero-order valence-electron chi connectivity index (χ0n) is 12.8. The van der Waals surface area contributed by atoms with Crippen LogP contribution in [-0.2, 0) is 0 Å². The molecule has 0 spiro atoms. The first-order valence-corrected chi connectivity index (χ1v) is 8.18. The van der Waals surface area contributed by atoms with Crippen molar-refractivity contribution in [2.75, 3.05) is 25.0 Å². The van der Waals surface area contributed by atoms with Crippen LogP contribution < -0.4 is 10.6 Å². The molecule has 2 N–H and O–H groups in total. The molecule has 1 aromatic heterocycles. The van der Waals surface area contributed by atoms with Crippen molar-refractivity contribution in [3.63, 3.8) is 0 Å². The van der Waals surface area contributed by atoms with Crippen LogP contribution in [0.25, 0.3) is 0 Å². The van der Waals surface area contributed by atoms with E-state index >= 15 is 0 Å². The lowest BCUT2D eigenvalue weighted by molar-refractivity contribution is 0.207. The molecule has 0 saturated carbocycles. The zero-order valence-corrected chi connectivity index (χ0v) is 13.6. The van der Waals surface area contributed by atoms with E-state index in [1.807, 2.05) is 12.1 Å². The number of hydrogen-bond acceptors (Lipinski definition) is 3. The molecule has 2 heterocycles. The summed E-state index contributed by atoms with van der Waals surface area (Å²) in [5.41, 5.74) is 0.672. The quantitative estimate of drug-likeness (QED) is 0.872. The molecular formula is C17H20ClN3O2. The number of hydrogen-bond donors (Lipinski definition) is 2. The number of benzene rings is 1. The second kappa shape index (κ2) is 7.53. The maximum Gasteiger partial charge on any atom is 0.319 e. The van der Waals surface area contributed by atoms with Crippen LogP contribution in [0.1, 0.15) is 24.6 Å². The summed E-state index contributed by atoms with van der Waals surface area (Å²) in [6.07, 6.45) is 4.04. The third kappa shape index (κ3) is 4.27. The van der Waals surface area contributed by atoms with Gasteiger partial charge in [-0.25, -0.2) is 4.79 Å². The predicted molar refractivity (Wildman–Crippen MR) is 90.7 cm³/mol. The minimum atomic E-state index is -0.247. The lowest BCUT2D eigenvalue weighted by Gasteiger charge is -2.26. The zero-order chi connectivity index (χ0) is 16.1. The third-order valence-electron chi connectivity index (χ3n) is 3.99. The van der Waals surface area contributed by atoms with E-state index in [9.17, 15) is 4.79 Å². The second-order valence-electron chi connectivity index (χ2n) is 5.62. The molecule has 0 bridgehead atoms. The monoisotopic (exact) mass is 333 g/mol. The van der Waals surface area contributed by atoms with Gasteiger partial charge in [0.15, 0.2) is 0 Å². The van der Waals surface area contributed by atoms with Gasteiger partial charge in [-0.2, -0.15) is 0 Å². The second-order valence-corrected chi connectivity index (χ2v) is 6.06. The Bertz CT molecular complexity index is 639. The van der Waals surface area contributed by atoms with E-state index in [2.05, 4.69) is 15.5 Å². The Kier molecular flexibility index (Phi) is 5.20. The summed E-state index contributed by atoms with van der Waals surface area (Å²) >= 11 is 5.92. The summed E-state index contributed by atoms with van der Waals surface area (Å²) in [5.74, 6) is 0.884. The number of halogens is 1. The number of anilines is 1. The molecule has 1 saturated heterocycles. The molecule has 1 unspecified atom stereocenters. The molecule has 1 fully saturated rings. The first-order valence-electron chi connectivity index (χ1n) is 7.80. The van der Waals surface area contributed by atoms with Gasteiger partial charge in [0.05, 0.1) is 12.3 Å². The molecule has 23 heavy (non-hydrogen) atoms.